The maximum absolute atomic E-state index is 12.1. The standard InChI is InChI=1S/C18H22N4O2/c1-13(23)16-9-17(21-20-16)18(24)19-10-15-7-8-22(12-15)11-14-5-3-2-4-6-14/h2-6,9,15H,7-8,10-12H2,1H3,(H,19,24)(H,20,21)/t15-/m1/s1. The third-order valence-electron chi connectivity index (χ3n) is 4.35. The number of rotatable bonds is 6. The molecule has 1 atom stereocenters. The topological polar surface area (TPSA) is 78.1 Å². The molecular weight excluding hydrogens is 304 g/mol. The van der Waals surface area contributed by atoms with Crippen molar-refractivity contribution in [2.75, 3.05) is 19.6 Å². The third kappa shape index (κ3) is 4.08. The van der Waals surface area contributed by atoms with Gasteiger partial charge in [-0.1, -0.05) is 30.3 Å². The molecule has 6 nitrogen and oxygen atoms in total. The number of hydrogen-bond donors (Lipinski definition) is 2. The number of benzene rings is 1. The van der Waals surface area contributed by atoms with Gasteiger partial charge in [0.2, 0.25) is 0 Å². The van der Waals surface area contributed by atoms with Crippen LogP contribution in [0.5, 0.6) is 0 Å². The van der Waals surface area contributed by atoms with Gasteiger partial charge in [0.1, 0.15) is 11.4 Å². The number of hydrogen-bond acceptors (Lipinski definition) is 4. The summed E-state index contributed by atoms with van der Waals surface area (Å²) in [5, 5.41) is 9.37. The zero-order chi connectivity index (χ0) is 16.9. The molecule has 1 saturated heterocycles. The molecule has 2 N–H and O–H groups in total. The number of ketones is 1. The summed E-state index contributed by atoms with van der Waals surface area (Å²) in [5.74, 6) is 0.0852. The van der Waals surface area contributed by atoms with E-state index in [1.807, 2.05) is 6.07 Å². The lowest BCUT2D eigenvalue weighted by atomic mass is 10.1. The van der Waals surface area contributed by atoms with Crippen LogP contribution in [-0.4, -0.2) is 46.4 Å². The maximum atomic E-state index is 12.1. The highest BCUT2D eigenvalue weighted by atomic mass is 16.2. The zero-order valence-corrected chi connectivity index (χ0v) is 13.8. The van der Waals surface area contributed by atoms with Gasteiger partial charge in [0, 0.05) is 26.6 Å². The Labute approximate surface area is 141 Å². The quantitative estimate of drug-likeness (QED) is 0.794. The number of aromatic amines is 1. The van der Waals surface area contributed by atoms with E-state index in [-0.39, 0.29) is 17.4 Å². The highest BCUT2D eigenvalue weighted by Gasteiger charge is 2.23. The second kappa shape index (κ2) is 7.40. The van der Waals surface area contributed by atoms with Gasteiger partial charge in [-0.15, -0.1) is 0 Å². The van der Waals surface area contributed by atoms with Gasteiger partial charge in [-0.2, -0.15) is 5.10 Å². The van der Waals surface area contributed by atoms with Crippen LogP contribution in [0.4, 0.5) is 0 Å². The van der Waals surface area contributed by atoms with E-state index in [0.29, 0.717) is 18.2 Å². The summed E-state index contributed by atoms with van der Waals surface area (Å²) in [7, 11) is 0. The van der Waals surface area contributed by atoms with Crippen molar-refractivity contribution < 1.29 is 9.59 Å². The molecular formula is C18H22N4O2. The number of nitrogens with one attached hydrogen (secondary N) is 2. The lowest BCUT2D eigenvalue weighted by molar-refractivity contribution is 0.0941. The largest absolute Gasteiger partial charge is 0.350 e. The molecule has 0 spiro atoms. The van der Waals surface area contributed by atoms with Crippen LogP contribution < -0.4 is 5.32 Å². The zero-order valence-electron chi connectivity index (χ0n) is 13.8. The maximum Gasteiger partial charge on any atom is 0.269 e. The van der Waals surface area contributed by atoms with E-state index in [1.54, 1.807) is 0 Å². The molecule has 1 aromatic carbocycles. The fourth-order valence-electron chi connectivity index (χ4n) is 3.02. The van der Waals surface area contributed by atoms with Crippen molar-refractivity contribution in [1.82, 2.24) is 20.4 Å². The molecule has 0 radical (unpaired) electrons. The van der Waals surface area contributed by atoms with Crippen molar-refractivity contribution in [3.8, 4) is 0 Å². The number of H-pyrrole nitrogens is 1. The van der Waals surface area contributed by atoms with Crippen LogP contribution in [0.3, 0.4) is 0 Å². The predicted octanol–water partition coefficient (Wildman–Crippen LogP) is 1.86. The minimum Gasteiger partial charge on any atom is -0.350 e. The summed E-state index contributed by atoms with van der Waals surface area (Å²) in [4.78, 5) is 25.7. The SMILES string of the molecule is CC(=O)c1cc(C(=O)NC[C@H]2CCN(Cc3ccccc3)C2)[nH]n1. The highest BCUT2D eigenvalue weighted by molar-refractivity contribution is 5.97. The Morgan fingerprint density at radius 3 is 2.83 bits per heavy atom. The first-order valence-electron chi connectivity index (χ1n) is 8.22. The summed E-state index contributed by atoms with van der Waals surface area (Å²) >= 11 is 0. The van der Waals surface area contributed by atoms with E-state index in [2.05, 4.69) is 44.7 Å². The summed E-state index contributed by atoms with van der Waals surface area (Å²) in [6.07, 6.45) is 1.08. The number of nitrogens with zero attached hydrogens (tertiary/aromatic N) is 2. The second-order valence-electron chi connectivity index (χ2n) is 6.31. The van der Waals surface area contributed by atoms with Gasteiger partial charge < -0.3 is 5.32 Å². The Kier molecular flexibility index (Phi) is 5.05. The fourth-order valence-corrected chi connectivity index (χ4v) is 3.02. The van der Waals surface area contributed by atoms with E-state index < -0.39 is 0 Å². The molecule has 1 aliphatic rings. The van der Waals surface area contributed by atoms with E-state index in [0.717, 1.165) is 26.1 Å². The van der Waals surface area contributed by atoms with Gasteiger partial charge >= 0.3 is 0 Å². The molecule has 126 valence electrons. The first kappa shape index (κ1) is 16.4. The van der Waals surface area contributed by atoms with E-state index in [9.17, 15) is 9.59 Å². The Hall–Kier alpha value is -2.47. The Morgan fingerprint density at radius 2 is 2.12 bits per heavy atom. The van der Waals surface area contributed by atoms with Crippen molar-refractivity contribution in [2.45, 2.75) is 19.9 Å². The van der Waals surface area contributed by atoms with Gasteiger partial charge in [-0.25, -0.2) is 0 Å². The minimum absolute atomic E-state index is 0.155. The first-order valence-corrected chi connectivity index (χ1v) is 8.22. The van der Waals surface area contributed by atoms with Crippen molar-refractivity contribution in [1.29, 1.82) is 0 Å². The van der Waals surface area contributed by atoms with Gasteiger partial charge in [0.15, 0.2) is 5.78 Å². The van der Waals surface area contributed by atoms with Crippen molar-refractivity contribution in [3.05, 3.63) is 53.3 Å². The number of likely N-dealkylation sites (tertiary alicyclic amines) is 1. The van der Waals surface area contributed by atoms with Crippen molar-refractivity contribution >= 4 is 11.7 Å². The van der Waals surface area contributed by atoms with Crippen molar-refractivity contribution in [3.63, 3.8) is 0 Å². The molecule has 6 heteroatoms. The lowest BCUT2D eigenvalue weighted by Gasteiger charge is -2.16. The average molecular weight is 326 g/mol. The molecule has 1 amide bonds. The highest BCUT2D eigenvalue weighted by Crippen LogP contribution is 2.18. The molecule has 1 aromatic heterocycles. The predicted molar refractivity (Wildman–Crippen MR) is 90.8 cm³/mol. The Morgan fingerprint density at radius 1 is 1.33 bits per heavy atom. The van der Waals surface area contributed by atoms with E-state index in [4.69, 9.17) is 0 Å². The molecule has 1 fully saturated rings. The summed E-state index contributed by atoms with van der Waals surface area (Å²) in [6, 6.07) is 11.9. The van der Waals surface area contributed by atoms with Gasteiger partial charge in [0.25, 0.3) is 5.91 Å². The van der Waals surface area contributed by atoms with Gasteiger partial charge in [0.05, 0.1) is 0 Å². The summed E-state index contributed by atoms with van der Waals surface area (Å²) in [5.41, 5.74) is 1.94. The van der Waals surface area contributed by atoms with Gasteiger partial charge in [-0.3, -0.25) is 19.6 Å². The van der Waals surface area contributed by atoms with Crippen LogP contribution in [0.15, 0.2) is 36.4 Å². The Balaban J connectivity index is 1.45. The molecule has 2 aromatic rings. The number of aromatic nitrogens is 2. The fraction of sp³-hybridized carbons (Fsp3) is 0.389. The minimum atomic E-state index is -0.212. The molecule has 0 aliphatic carbocycles. The number of Topliss-reactive ketones (excluding diaryl/α,β-unsaturated/α-hetero) is 1. The summed E-state index contributed by atoms with van der Waals surface area (Å²) < 4.78 is 0. The van der Waals surface area contributed by atoms with Crippen LogP contribution in [0.2, 0.25) is 0 Å². The molecule has 3 rings (SSSR count). The second-order valence-corrected chi connectivity index (χ2v) is 6.31. The average Bonchev–Trinajstić information content (AvgIpc) is 3.23. The third-order valence-corrected chi connectivity index (χ3v) is 4.35. The molecule has 0 unspecified atom stereocenters. The Bertz CT molecular complexity index is 711. The molecule has 1 aliphatic heterocycles. The van der Waals surface area contributed by atoms with Gasteiger partial charge in [-0.05, 0) is 30.5 Å². The van der Waals surface area contributed by atoms with Crippen LogP contribution in [0, 0.1) is 5.92 Å². The van der Waals surface area contributed by atoms with E-state index in [1.165, 1.54) is 18.6 Å². The molecule has 24 heavy (non-hydrogen) atoms. The van der Waals surface area contributed by atoms with Crippen LogP contribution >= 0.6 is 0 Å². The summed E-state index contributed by atoms with van der Waals surface area (Å²) in [6.45, 7) is 5.05. The lowest BCUT2D eigenvalue weighted by Crippen LogP contribution is -2.31. The van der Waals surface area contributed by atoms with Crippen LogP contribution in [0.25, 0.3) is 0 Å². The van der Waals surface area contributed by atoms with E-state index >= 15 is 0 Å². The molecule has 0 saturated carbocycles. The number of carbonyl (C=O) groups is 2. The normalized spacial score (nSPS) is 17.8. The number of carbonyl (C=O) groups excluding carboxylic acids is 2. The van der Waals surface area contributed by atoms with Crippen molar-refractivity contribution in [2.24, 2.45) is 5.92 Å². The van der Waals surface area contributed by atoms with Crippen LogP contribution in [0.1, 0.15) is 39.9 Å². The first-order chi connectivity index (χ1) is 11.6. The monoisotopic (exact) mass is 326 g/mol. The number of amides is 1. The molecule has 0 bridgehead atoms. The smallest absolute Gasteiger partial charge is 0.269 e. The van der Waals surface area contributed by atoms with Crippen LogP contribution in [-0.2, 0) is 6.54 Å². The molecule has 2 heterocycles.